The van der Waals surface area contributed by atoms with Gasteiger partial charge in [-0.2, -0.15) is 5.10 Å². The first-order valence-electron chi connectivity index (χ1n) is 8.59. The molecule has 1 aliphatic rings. The number of aliphatic hydroxyl groups is 1. The van der Waals surface area contributed by atoms with Crippen molar-refractivity contribution in [2.45, 2.75) is 38.7 Å². The summed E-state index contributed by atoms with van der Waals surface area (Å²) in [5.74, 6) is 2.90. The van der Waals surface area contributed by atoms with Crippen LogP contribution in [0.5, 0.6) is 5.75 Å². The van der Waals surface area contributed by atoms with Gasteiger partial charge in [0.2, 0.25) is 0 Å². The Balaban J connectivity index is 1.48. The van der Waals surface area contributed by atoms with Crippen LogP contribution in [0.15, 0.2) is 24.3 Å². The molecule has 6 heteroatoms. The number of rotatable bonds is 6. The van der Waals surface area contributed by atoms with Crippen LogP contribution in [0, 0.1) is 13.8 Å². The topological polar surface area (TPSA) is 74.3 Å². The number of ether oxygens (including phenoxy) is 1. The maximum Gasteiger partial charge on any atom is 0.155 e. The number of piperidine rings is 1. The zero-order valence-electron chi connectivity index (χ0n) is 14.4. The first-order valence-corrected chi connectivity index (χ1v) is 8.59. The lowest BCUT2D eigenvalue weighted by Crippen LogP contribution is -2.41. The van der Waals surface area contributed by atoms with E-state index >= 15 is 0 Å². The molecule has 0 amide bonds. The Morgan fingerprint density at radius 3 is 3.04 bits per heavy atom. The molecule has 0 saturated carbocycles. The molecule has 1 aromatic heterocycles. The molecule has 1 saturated heterocycles. The fourth-order valence-electron chi connectivity index (χ4n) is 3.22. The number of aryl methyl sites for hydroxylation is 2. The number of benzene rings is 1. The Labute approximate surface area is 142 Å². The monoisotopic (exact) mass is 330 g/mol. The summed E-state index contributed by atoms with van der Waals surface area (Å²) in [6, 6.07) is 7.89. The molecular formula is C18H26N4O2. The molecule has 1 aromatic carbocycles. The summed E-state index contributed by atoms with van der Waals surface area (Å²) < 4.78 is 5.70. The van der Waals surface area contributed by atoms with Gasteiger partial charge in [0.05, 0.1) is 0 Å². The molecule has 1 aliphatic heterocycles. The average molecular weight is 330 g/mol. The number of β-amino-alcohol motifs (C(OH)–C–C–N with tert-alkyl or cyclic N) is 1. The molecule has 0 radical (unpaired) electrons. The average Bonchev–Trinajstić information content (AvgIpc) is 3.00. The van der Waals surface area contributed by atoms with E-state index in [-0.39, 0.29) is 0 Å². The van der Waals surface area contributed by atoms with Crippen LogP contribution in [0.3, 0.4) is 0 Å². The molecule has 1 fully saturated rings. The number of H-pyrrole nitrogens is 1. The van der Waals surface area contributed by atoms with E-state index in [0.29, 0.717) is 19.1 Å². The molecule has 6 nitrogen and oxygen atoms in total. The Bertz CT molecular complexity index is 658. The van der Waals surface area contributed by atoms with Gasteiger partial charge in [-0.05, 0) is 50.9 Å². The number of hydrogen-bond donors (Lipinski definition) is 2. The van der Waals surface area contributed by atoms with Crippen LogP contribution in [-0.2, 0) is 0 Å². The molecule has 0 bridgehead atoms. The molecule has 3 rings (SSSR count). The van der Waals surface area contributed by atoms with Crippen LogP contribution < -0.4 is 4.74 Å². The van der Waals surface area contributed by atoms with E-state index < -0.39 is 6.10 Å². The zero-order valence-corrected chi connectivity index (χ0v) is 14.4. The predicted molar refractivity (Wildman–Crippen MR) is 92.2 cm³/mol. The van der Waals surface area contributed by atoms with Gasteiger partial charge in [-0.1, -0.05) is 12.1 Å². The maximum atomic E-state index is 10.3. The van der Waals surface area contributed by atoms with E-state index in [1.807, 2.05) is 38.1 Å². The minimum absolute atomic E-state index is 0.310. The maximum absolute atomic E-state index is 10.3. The zero-order chi connectivity index (χ0) is 16.9. The third kappa shape index (κ3) is 4.55. The van der Waals surface area contributed by atoms with Gasteiger partial charge >= 0.3 is 0 Å². The molecule has 2 aromatic rings. The molecule has 24 heavy (non-hydrogen) atoms. The van der Waals surface area contributed by atoms with Crippen molar-refractivity contribution in [1.29, 1.82) is 0 Å². The molecule has 130 valence electrons. The minimum Gasteiger partial charge on any atom is -0.491 e. The third-order valence-corrected chi connectivity index (χ3v) is 4.39. The highest BCUT2D eigenvalue weighted by atomic mass is 16.5. The van der Waals surface area contributed by atoms with Crippen molar-refractivity contribution in [2.24, 2.45) is 0 Å². The molecule has 0 aliphatic carbocycles. The summed E-state index contributed by atoms with van der Waals surface area (Å²) in [5, 5.41) is 17.5. The normalized spacial score (nSPS) is 20.0. The summed E-state index contributed by atoms with van der Waals surface area (Å²) in [6.07, 6.45) is 1.70. The second-order valence-electron chi connectivity index (χ2n) is 6.66. The van der Waals surface area contributed by atoms with E-state index in [1.165, 1.54) is 0 Å². The van der Waals surface area contributed by atoms with E-state index in [0.717, 1.165) is 48.9 Å². The van der Waals surface area contributed by atoms with Crippen LogP contribution in [0.25, 0.3) is 0 Å². The first-order chi connectivity index (χ1) is 11.6. The van der Waals surface area contributed by atoms with Crippen molar-refractivity contribution in [1.82, 2.24) is 20.1 Å². The molecule has 2 unspecified atom stereocenters. The van der Waals surface area contributed by atoms with Gasteiger partial charge in [0, 0.05) is 19.0 Å². The fourth-order valence-corrected chi connectivity index (χ4v) is 3.22. The predicted octanol–water partition coefficient (Wildman–Crippen LogP) is 2.04. The van der Waals surface area contributed by atoms with Gasteiger partial charge in [0.15, 0.2) is 5.82 Å². The summed E-state index contributed by atoms with van der Waals surface area (Å²) in [7, 11) is 0. The second-order valence-corrected chi connectivity index (χ2v) is 6.66. The van der Waals surface area contributed by atoms with Crippen molar-refractivity contribution in [3.63, 3.8) is 0 Å². The number of aromatic amines is 1. The summed E-state index contributed by atoms with van der Waals surface area (Å²) >= 11 is 0. The quantitative estimate of drug-likeness (QED) is 0.848. The number of aromatic nitrogens is 3. The van der Waals surface area contributed by atoms with Gasteiger partial charge in [0.1, 0.15) is 24.3 Å². The van der Waals surface area contributed by atoms with Crippen molar-refractivity contribution in [3.05, 3.63) is 41.5 Å². The summed E-state index contributed by atoms with van der Waals surface area (Å²) in [4.78, 5) is 6.73. The number of nitrogens with one attached hydrogen (secondary N) is 1. The number of nitrogens with zero attached hydrogens (tertiary/aromatic N) is 3. The van der Waals surface area contributed by atoms with Gasteiger partial charge < -0.3 is 9.84 Å². The van der Waals surface area contributed by atoms with Crippen LogP contribution in [0.1, 0.15) is 36.0 Å². The minimum atomic E-state index is -0.502. The molecular weight excluding hydrogens is 304 g/mol. The van der Waals surface area contributed by atoms with Crippen molar-refractivity contribution in [2.75, 3.05) is 26.2 Å². The van der Waals surface area contributed by atoms with E-state index in [1.54, 1.807) is 0 Å². The SMILES string of the molecule is Cc1cccc(OCC(O)CN2CCCC(c3n[nH]c(C)n3)C2)c1. The summed E-state index contributed by atoms with van der Waals surface area (Å²) in [6.45, 7) is 6.77. The van der Waals surface area contributed by atoms with Crippen LogP contribution >= 0.6 is 0 Å². The van der Waals surface area contributed by atoms with Gasteiger partial charge in [-0.3, -0.25) is 10.00 Å². The number of aliphatic hydroxyl groups excluding tert-OH is 1. The highest BCUT2D eigenvalue weighted by Crippen LogP contribution is 2.24. The number of hydrogen-bond acceptors (Lipinski definition) is 5. The fraction of sp³-hybridized carbons (Fsp3) is 0.556. The lowest BCUT2D eigenvalue weighted by Gasteiger charge is -2.32. The third-order valence-electron chi connectivity index (χ3n) is 4.39. The van der Waals surface area contributed by atoms with Crippen molar-refractivity contribution in [3.8, 4) is 5.75 Å². The smallest absolute Gasteiger partial charge is 0.155 e. The molecule has 2 heterocycles. The Morgan fingerprint density at radius 1 is 1.42 bits per heavy atom. The van der Waals surface area contributed by atoms with E-state index in [2.05, 4.69) is 20.1 Å². The van der Waals surface area contributed by atoms with E-state index in [9.17, 15) is 5.11 Å². The van der Waals surface area contributed by atoms with Gasteiger partial charge in [-0.25, -0.2) is 4.98 Å². The van der Waals surface area contributed by atoms with Crippen molar-refractivity contribution >= 4 is 0 Å². The molecule has 0 spiro atoms. The Kier molecular flexibility index (Phi) is 5.48. The van der Waals surface area contributed by atoms with Gasteiger partial charge in [-0.15, -0.1) is 0 Å². The summed E-state index contributed by atoms with van der Waals surface area (Å²) in [5.41, 5.74) is 1.16. The molecule has 2 N–H and O–H groups in total. The molecule has 2 atom stereocenters. The lowest BCUT2D eigenvalue weighted by molar-refractivity contribution is 0.0578. The lowest BCUT2D eigenvalue weighted by atomic mass is 9.97. The number of likely N-dealkylation sites (tertiary alicyclic amines) is 1. The van der Waals surface area contributed by atoms with Crippen LogP contribution in [-0.4, -0.2) is 57.5 Å². The largest absolute Gasteiger partial charge is 0.491 e. The second kappa shape index (κ2) is 7.77. The van der Waals surface area contributed by atoms with Crippen LogP contribution in [0.2, 0.25) is 0 Å². The standard InChI is InChI=1S/C18H26N4O2/c1-13-5-3-7-17(9-13)24-12-16(23)11-22-8-4-6-15(10-22)18-19-14(2)20-21-18/h3,5,7,9,15-16,23H,4,6,8,10-12H2,1-2H3,(H,19,20,21). The Hall–Kier alpha value is -1.92. The Morgan fingerprint density at radius 2 is 2.29 bits per heavy atom. The van der Waals surface area contributed by atoms with Gasteiger partial charge in [0.25, 0.3) is 0 Å². The highest BCUT2D eigenvalue weighted by Gasteiger charge is 2.25. The highest BCUT2D eigenvalue weighted by molar-refractivity contribution is 5.27. The van der Waals surface area contributed by atoms with E-state index in [4.69, 9.17) is 4.74 Å². The van der Waals surface area contributed by atoms with Crippen LogP contribution in [0.4, 0.5) is 0 Å². The van der Waals surface area contributed by atoms with Crippen molar-refractivity contribution < 1.29 is 9.84 Å². The first kappa shape index (κ1) is 16.9.